The summed E-state index contributed by atoms with van der Waals surface area (Å²) in [4.78, 5) is 0. The van der Waals surface area contributed by atoms with Crippen LogP contribution in [0.25, 0.3) is 53.9 Å². The Kier molecular flexibility index (Phi) is 3.40. The lowest BCUT2D eigenvalue weighted by Crippen LogP contribution is -2.00. The second kappa shape index (κ2) is 5.92. The summed E-state index contributed by atoms with van der Waals surface area (Å²) in [5.41, 5.74) is 0. The normalized spacial score (nSPS) is 12.0. The molecule has 30 heavy (non-hydrogen) atoms. The van der Waals surface area contributed by atoms with E-state index in [1.165, 1.54) is 0 Å². The maximum Gasteiger partial charge on any atom is 0.198 e. The van der Waals surface area contributed by atoms with Gasteiger partial charge >= 0.3 is 0 Å². The van der Waals surface area contributed by atoms with E-state index in [1.54, 1.807) is 24.3 Å². The Morgan fingerprint density at radius 2 is 0.733 bits per heavy atom. The lowest BCUT2D eigenvalue weighted by molar-refractivity contribution is 0.418. The van der Waals surface area contributed by atoms with E-state index >= 15 is 8.78 Å². The van der Waals surface area contributed by atoms with Crippen LogP contribution >= 0.6 is 0 Å². The molecule has 0 nitrogen and oxygen atoms in total. The van der Waals surface area contributed by atoms with Crippen molar-refractivity contribution in [2.24, 2.45) is 0 Å². The molecule has 0 N–H and O–H groups in total. The predicted molar refractivity (Wildman–Crippen MR) is 114 cm³/mol. The van der Waals surface area contributed by atoms with Crippen LogP contribution in [0.3, 0.4) is 0 Å². The number of hydrogen-bond donors (Lipinski definition) is 0. The molecule has 0 amide bonds. The van der Waals surface area contributed by atoms with Crippen LogP contribution in [-0.2, 0) is 0 Å². The van der Waals surface area contributed by atoms with Crippen LogP contribution in [0.2, 0.25) is 0 Å². The molecule has 0 fully saturated rings. The van der Waals surface area contributed by atoms with Crippen molar-refractivity contribution < 1.29 is 17.6 Å². The monoisotopic (exact) mass is 400 g/mol. The van der Waals surface area contributed by atoms with Gasteiger partial charge in [0.25, 0.3) is 0 Å². The molecule has 0 saturated carbocycles. The van der Waals surface area contributed by atoms with E-state index in [1.807, 2.05) is 48.5 Å². The van der Waals surface area contributed by atoms with Gasteiger partial charge in [-0.2, -0.15) is 0 Å². The predicted octanol–water partition coefficient (Wildman–Crippen LogP) is 8.01. The number of benzene rings is 6. The number of hydrogen-bond acceptors (Lipinski definition) is 0. The van der Waals surface area contributed by atoms with Crippen molar-refractivity contribution in [1.29, 1.82) is 0 Å². The Bertz CT molecular complexity index is 1560. The molecule has 0 atom stereocenters. The summed E-state index contributed by atoms with van der Waals surface area (Å²) in [6, 6.07) is 22.1. The summed E-state index contributed by atoms with van der Waals surface area (Å²) in [5, 5.41) is 5.11. The highest BCUT2D eigenvalue weighted by molar-refractivity contribution is 6.36. The highest BCUT2D eigenvalue weighted by Crippen LogP contribution is 2.44. The van der Waals surface area contributed by atoms with Gasteiger partial charge in [0.2, 0.25) is 0 Å². The topological polar surface area (TPSA) is 0 Å². The third kappa shape index (κ3) is 2.05. The lowest BCUT2D eigenvalue weighted by atomic mass is 9.88. The van der Waals surface area contributed by atoms with Gasteiger partial charge in [0, 0.05) is 10.8 Å². The zero-order valence-electron chi connectivity index (χ0n) is 15.4. The fourth-order valence-electron chi connectivity index (χ4n) is 4.64. The van der Waals surface area contributed by atoms with Crippen molar-refractivity contribution >= 4 is 53.9 Å². The molecule has 0 saturated heterocycles. The van der Waals surface area contributed by atoms with Gasteiger partial charge in [-0.05, 0) is 43.1 Å². The highest BCUT2D eigenvalue weighted by atomic mass is 19.2. The summed E-state index contributed by atoms with van der Waals surface area (Å²) in [6.07, 6.45) is 0. The molecule has 6 aromatic carbocycles. The quantitative estimate of drug-likeness (QED) is 0.105. The van der Waals surface area contributed by atoms with Gasteiger partial charge in [0.05, 0.1) is 0 Å². The average molecular weight is 400 g/mol. The summed E-state index contributed by atoms with van der Waals surface area (Å²) < 4.78 is 58.5. The van der Waals surface area contributed by atoms with Crippen molar-refractivity contribution in [3.63, 3.8) is 0 Å². The van der Waals surface area contributed by atoms with Gasteiger partial charge in [-0.15, -0.1) is 0 Å². The lowest BCUT2D eigenvalue weighted by Gasteiger charge is -2.16. The van der Waals surface area contributed by atoms with Gasteiger partial charge in [-0.1, -0.05) is 72.8 Å². The molecule has 0 radical (unpaired) electrons. The van der Waals surface area contributed by atoms with Crippen molar-refractivity contribution in [3.05, 3.63) is 96.1 Å². The van der Waals surface area contributed by atoms with Crippen LogP contribution in [0.4, 0.5) is 17.6 Å². The molecule has 0 heterocycles. The molecule has 0 aliphatic heterocycles. The SMILES string of the molecule is Fc1c(F)c(F)c2c3ccc4ccccc4c3c3c4ccccc4ccc3c2c1F. The van der Waals surface area contributed by atoms with Gasteiger partial charge in [0.1, 0.15) is 0 Å². The molecule has 6 rings (SSSR count). The summed E-state index contributed by atoms with van der Waals surface area (Å²) in [6.45, 7) is 0. The Morgan fingerprint density at radius 3 is 1.17 bits per heavy atom. The molecular formula is C26H12F4. The second-order valence-electron chi connectivity index (χ2n) is 7.42. The second-order valence-corrected chi connectivity index (χ2v) is 7.42. The molecule has 0 spiro atoms. The first-order valence-electron chi connectivity index (χ1n) is 9.48. The molecule has 0 aliphatic rings. The van der Waals surface area contributed by atoms with E-state index in [0.717, 1.165) is 21.5 Å². The number of halogens is 4. The molecule has 6 aromatic rings. The molecule has 4 heteroatoms. The molecule has 0 aliphatic carbocycles. The van der Waals surface area contributed by atoms with E-state index in [0.29, 0.717) is 21.5 Å². The maximum atomic E-state index is 15.0. The Hall–Kier alpha value is -3.66. The van der Waals surface area contributed by atoms with Crippen LogP contribution in [0.5, 0.6) is 0 Å². The highest BCUT2D eigenvalue weighted by Gasteiger charge is 2.25. The minimum Gasteiger partial charge on any atom is -0.203 e. The third-order valence-corrected chi connectivity index (χ3v) is 5.91. The number of rotatable bonds is 0. The van der Waals surface area contributed by atoms with Crippen LogP contribution in [0.1, 0.15) is 0 Å². The first-order chi connectivity index (χ1) is 14.6. The van der Waals surface area contributed by atoms with E-state index in [2.05, 4.69) is 0 Å². The van der Waals surface area contributed by atoms with Crippen LogP contribution < -0.4 is 0 Å². The van der Waals surface area contributed by atoms with Crippen LogP contribution in [-0.4, -0.2) is 0 Å². The van der Waals surface area contributed by atoms with Crippen LogP contribution in [0.15, 0.2) is 72.8 Å². The smallest absolute Gasteiger partial charge is 0.198 e. The van der Waals surface area contributed by atoms with E-state index in [4.69, 9.17) is 0 Å². The zero-order chi connectivity index (χ0) is 20.6. The Balaban J connectivity index is 2.11. The van der Waals surface area contributed by atoms with Crippen molar-refractivity contribution in [2.75, 3.05) is 0 Å². The van der Waals surface area contributed by atoms with Crippen molar-refractivity contribution in [2.45, 2.75) is 0 Å². The standard InChI is InChI=1S/C26H12F4/c27-23-21-17-11-9-13-5-1-3-7-15(13)19(17)20-16-8-4-2-6-14(16)10-12-18(20)22(21)24(28)26(30)25(23)29/h1-12H. The Labute approximate surface area is 168 Å². The summed E-state index contributed by atoms with van der Waals surface area (Å²) >= 11 is 0. The first kappa shape index (κ1) is 17.2. The maximum absolute atomic E-state index is 15.0. The zero-order valence-corrected chi connectivity index (χ0v) is 15.4. The van der Waals surface area contributed by atoms with E-state index < -0.39 is 23.3 Å². The van der Waals surface area contributed by atoms with Crippen molar-refractivity contribution in [3.8, 4) is 0 Å². The minimum absolute atomic E-state index is 0.241. The average Bonchev–Trinajstić information content (AvgIpc) is 2.79. The van der Waals surface area contributed by atoms with Crippen LogP contribution in [0, 0.1) is 23.3 Å². The van der Waals surface area contributed by atoms with E-state index in [-0.39, 0.29) is 10.8 Å². The third-order valence-electron chi connectivity index (χ3n) is 5.91. The molecule has 0 unspecified atom stereocenters. The number of fused-ring (bicyclic) bond motifs is 10. The molecule has 0 bridgehead atoms. The fourth-order valence-corrected chi connectivity index (χ4v) is 4.64. The van der Waals surface area contributed by atoms with Gasteiger partial charge < -0.3 is 0 Å². The largest absolute Gasteiger partial charge is 0.203 e. The van der Waals surface area contributed by atoms with Gasteiger partial charge in [0.15, 0.2) is 23.3 Å². The molecular weight excluding hydrogens is 388 g/mol. The summed E-state index contributed by atoms with van der Waals surface area (Å²) in [5.74, 6) is -6.34. The minimum atomic E-state index is -1.80. The van der Waals surface area contributed by atoms with Gasteiger partial charge in [-0.3, -0.25) is 0 Å². The Morgan fingerprint density at radius 1 is 0.333 bits per heavy atom. The first-order valence-corrected chi connectivity index (χ1v) is 9.48. The summed E-state index contributed by atoms with van der Waals surface area (Å²) in [7, 11) is 0. The fraction of sp³-hybridized carbons (Fsp3) is 0. The van der Waals surface area contributed by atoms with Gasteiger partial charge in [-0.25, -0.2) is 17.6 Å². The van der Waals surface area contributed by atoms with Crippen molar-refractivity contribution in [1.82, 2.24) is 0 Å². The molecule has 0 aromatic heterocycles. The molecule has 144 valence electrons. The van der Waals surface area contributed by atoms with E-state index in [9.17, 15) is 8.78 Å².